The van der Waals surface area contributed by atoms with E-state index in [9.17, 15) is 5.11 Å². The smallest absolute Gasteiger partial charge is 0.0822 e. The summed E-state index contributed by atoms with van der Waals surface area (Å²) in [6.45, 7) is 1.11. The normalized spacial score (nSPS) is 20.5. The van der Waals surface area contributed by atoms with Gasteiger partial charge in [-0.3, -0.25) is 0 Å². The Hall–Kier alpha value is -0.0800. The fraction of sp³-hybridized carbons (Fsp3) is 1.00. The Balaban J connectivity index is 1.63. The van der Waals surface area contributed by atoms with Crippen LogP contribution >= 0.6 is 0 Å². The molecule has 13 heavy (non-hydrogen) atoms. The van der Waals surface area contributed by atoms with E-state index in [-0.39, 0.29) is 6.61 Å². The molecule has 1 fully saturated rings. The molecular formula is C11H21O2. The number of rotatable bonds is 9. The Labute approximate surface area is 81.3 Å². The molecule has 2 heteroatoms. The second-order valence-corrected chi connectivity index (χ2v) is 3.92. The van der Waals surface area contributed by atoms with Crippen molar-refractivity contribution in [2.45, 2.75) is 57.5 Å². The topological polar surface area (TPSA) is 32.4 Å². The molecule has 1 atom stereocenters. The molecule has 1 aliphatic heterocycles. The van der Waals surface area contributed by atoms with Gasteiger partial charge in [-0.2, -0.15) is 0 Å². The van der Waals surface area contributed by atoms with Crippen LogP contribution in [0.15, 0.2) is 0 Å². The third-order valence-corrected chi connectivity index (χ3v) is 2.57. The minimum absolute atomic E-state index is 0.110. The molecule has 1 radical (unpaired) electrons. The third kappa shape index (κ3) is 7.03. The maximum absolute atomic E-state index is 10.1. The van der Waals surface area contributed by atoms with Crippen molar-refractivity contribution >= 4 is 0 Å². The first-order valence-corrected chi connectivity index (χ1v) is 5.63. The van der Waals surface area contributed by atoms with E-state index in [0.717, 1.165) is 19.4 Å². The highest BCUT2D eigenvalue weighted by Crippen LogP contribution is 2.18. The van der Waals surface area contributed by atoms with Crippen molar-refractivity contribution in [3.8, 4) is 0 Å². The van der Waals surface area contributed by atoms with E-state index in [4.69, 9.17) is 4.74 Å². The van der Waals surface area contributed by atoms with E-state index in [2.05, 4.69) is 0 Å². The molecule has 0 aromatic carbocycles. The van der Waals surface area contributed by atoms with E-state index in [1.165, 1.54) is 38.5 Å². The zero-order valence-corrected chi connectivity index (χ0v) is 8.46. The summed E-state index contributed by atoms with van der Waals surface area (Å²) >= 11 is 0. The zero-order valence-electron chi connectivity index (χ0n) is 8.46. The standard InChI is InChI=1S/C11H21O2/c12-9-7-5-3-1-2-4-6-8-11-10-13-11/h11H,1-10H2. The first-order valence-electron chi connectivity index (χ1n) is 5.63. The maximum atomic E-state index is 10.1. The molecule has 0 saturated carbocycles. The van der Waals surface area contributed by atoms with Gasteiger partial charge in [-0.15, -0.1) is 0 Å². The van der Waals surface area contributed by atoms with Crippen molar-refractivity contribution in [3.63, 3.8) is 0 Å². The number of ether oxygens (including phenoxy) is 1. The van der Waals surface area contributed by atoms with Gasteiger partial charge in [0, 0.05) is 0 Å². The van der Waals surface area contributed by atoms with E-state index in [0.29, 0.717) is 6.10 Å². The predicted octanol–water partition coefficient (Wildman–Crippen LogP) is 2.94. The van der Waals surface area contributed by atoms with Gasteiger partial charge < -0.3 is 4.74 Å². The SMILES string of the molecule is [O]CCCCCCCCCC1CO1. The number of hydrogen-bond acceptors (Lipinski definition) is 1. The van der Waals surface area contributed by atoms with Gasteiger partial charge >= 0.3 is 0 Å². The molecule has 0 bridgehead atoms. The summed E-state index contributed by atoms with van der Waals surface area (Å²) in [4.78, 5) is 0. The van der Waals surface area contributed by atoms with Crippen molar-refractivity contribution in [2.75, 3.05) is 13.2 Å². The first-order chi connectivity index (χ1) is 6.43. The van der Waals surface area contributed by atoms with Crippen LogP contribution in [0.2, 0.25) is 0 Å². The van der Waals surface area contributed by atoms with E-state index >= 15 is 0 Å². The highest BCUT2D eigenvalue weighted by atomic mass is 16.6. The molecule has 0 aliphatic carbocycles. The van der Waals surface area contributed by atoms with Crippen LogP contribution in [0.25, 0.3) is 0 Å². The molecule has 1 saturated heterocycles. The molecule has 1 aliphatic rings. The van der Waals surface area contributed by atoms with Gasteiger partial charge in [0.1, 0.15) is 0 Å². The van der Waals surface area contributed by atoms with Crippen LogP contribution in [0, 0.1) is 0 Å². The van der Waals surface area contributed by atoms with Crippen molar-refractivity contribution in [3.05, 3.63) is 0 Å². The minimum atomic E-state index is 0.110. The highest BCUT2D eigenvalue weighted by molar-refractivity contribution is 4.68. The summed E-state index contributed by atoms with van der Waals surface area (Å²) in [5.74, 6) is 0. The second-order valence-electron chi connectivity index (χ2n) is 3.92. The Bertz CT molecular complexity index is 111. The van der Waals surface area contributed by atoms with Gasteiger partial charge in [0.25, 0.3) is 0 Å². The monoisotopic (exact) mass is 185 g/mol. The van der Waals surface area contributed by atoms with Gasteiger partial charge in [0.05, 0.1) is 19.3 Å². The van der Waals surface area contributed by atoms with Crippen molar-refractivity contribution in [1.29, 1.82) is 0 Å². The second kappa shape index (κ2) is 7.34. The summed E-state index contributed by atoms with van der Waals surface area (Å²) in [6, 6.07) is 0. The van der Waals surface area contributed by atoms with Crippen LogP contribution in [0.3, 0.4) is 0 Å². The van der Waals surface area contributed by atoms with Crippen molar-refractivity contribution < 1.29 is 9.84 Å². The van der Waals surface area contributed by atoms with Gasteiger partial charge in [-0.25, -0.2) is 5.11 Å². The van der Waals surface area contributed by atoms with Crippen LogP contribution < -0.4 is 0 Å². The maximum Gasteiger partial charge on any atom is 0.0822 e. The van der Waals surface area contributed by atoms with Gasteiger partial charge in [0.2, 0.25) is 0 Å². The summed E-state index contributed by atoms with van der Waals surface area (Å²) in [5, 5.41) is 10.1. The van der Waals surface area contributed by atoms with Crippen LogP contribution in [0.1, 0.15) is 51.4 Å². The molecule has 0 aromatic heterocycles. The number of epoxide rings is 1. The van der Waals surface area contributed by atoms with E-state index in [1.807, 2.05) is 0 Å². The quantitative estimate of drug-likeness (QED) is 0.401. The fourth-order valence-electron chi connectivity index (χ4n) is 1.59. The molecular weight excluding hydrogens is 164 g/mol. The van der Waals surface area contributed by atoms with Crippen LogP contribution in [-0.2, 0) is 9.84 Å². The fourth-order valence-corrected chi connectivity index (χ4v) is 1.59. The van der Waals surface area contributed by atoms with Crippen LogP contribution in [-0.4, -0.2) is 19.3 Å². The molecule has 2 nitrogen and oxygen atoms in total. The lowest BCUT2D eigenvalue weighted by Gasteiger charge is -1.99. The molecule has 77 valence electrons. The zero-order chi connectivity index (χ0) is 9.36. The Morgan fingerprint density at radius 1 is 0.923 bits per heavy atom. The van der Waals surface area contributed by atoms with E-state index in [1.54, 1.807) is 0 Å². The average molecular weight is 185 g/mol. The highest BCUT2D eigenvalue weighted by Gasteiger charge is 2.20. The third-order valence-electron chi connectivity index (χ3n) is 2.57. The molecule has 1 rings (SSSR count). The van der Waals surface area contributed by atoms with Crippen LogP contribution in [0.5, 0.6) is 0 Å². The molecule has 1 unspecified atom stereocenters. The van der Waals surface area contributed by atoms with Crippen molar-refractivity contribution in [1.82, 2.24) is 0 Å². The summed E-state index contributed by atoms with van der Waals surface area (Å²) in [5.41, 5.74) is 0. The molecule has 0 N–H and O–H groups in total. The summed E-state index contributed by atoms with van der Waals surface area (Å²) < 4.78 is 5.13. The first kappa shape index (κ1) is 11.0. The lowest BCUT2D eigenvalue weighted by atomic mass is 10.1. The average Bonchev–Trinajstić information content (AvgIpc) is 2.93. The Kier molecular flexibility index (Phi) is 6.21. The van der Waals surface area contributed by atoms with Gasteiger partial charge in [-0.1, -0.05) is 38.5 Å². The van der Waals surface area contributed by atoms with Gasteiger partial charge in [-0.05, 0) is 12.8 Å². The predicted molar refractivity (Wildman–Crippen MR) is 52.2 cm³/mol. The Morgan fingerprint density at radius 2 is 1.46 bits per heavy atom. The van der Waals surface area contributed by atoms with Crippen molar-refractivity contribution in [2.24, 2.45) is 0 Å². The van der Waals surface area contributed by atoms with E-state index < -0.39 is 0 Å². The molecule has 1 heterocycles. The lowest BCUT2D eigenvalue weighted by Crippen LogP contribution is -1.86. The largest absolute Gasteiger partial charge is 0.373 e. The summed E-state index contributed by atoms with van der Waals surface area (Å²) in [7, 11) is 0. The molecule has 0 spiro atoms. The Morgan fingerprint density at radius 3 is 2.00 bits per heavy atom. The summed E-state index contributed by atoms with van der Waals surface area (Å²) in [6.07, 6.45) is 10.5. The lowest BCUT2D eigenvalue weighted by molar-refractivity contribution is 0.186. The molecule has 0 aromatic rings. The number of unbranched alkanes of at least 4 members (excludes halogenated alkanes) is 6. The van der Waals surface area contributed by atoms with Gasteiger partial charge in [0.15, 0.2) is 0 Å². The van der Waals surface area contributed by atoms with Crippen LogP contribution in [0.4, 0.5) is 0 Å². The number of hydrogen-bond donors (Lipinski definition) is 0. The minimum Gasteiger partial charge on any atom is -0.373 e. The molecule has 0 amide bonds.